The first-order valence-electron chi connectivity index (χ1n) is 8.30. The smallest absolute Gasteiger partial charge is 0.281 e. The molecule has 8 nitrogen and oxygen atoms in total. The fourth-order valence-electron chi connectivity index (χ4n) is 2.69. The van der Waals surface area contributed by atoms with Gasteiger partial charge in [0.25, 0.3) is 11.5 Å². The molecule has 29 heavy (non-hydrogen) atoms. The number of hydrogen-bond donors (Lipinski definition) is 2. The van der Waals surface area contributed by atoms with Gasteiger partial charge in [0.05, 0.1) is 17.3 Å². The predicted molar refractivity (Wildman–Crippen MR) is 111 cm³/mol. The Bertz CT molecular complexity index is 1300. The molecular weight excluding hydrogens is 416 g/mol. The van der Waals surface area contributed by atoms with Gasteiger partial charge in [-0.1, -0.05) is 35.1 Å². The lowest BCUT2D eigenvalue weighted by molar-refractivity contribution is 0.101. The highest BCUT2D eigenvalue weighted by Crippen LogP contribution is 2.29. The SMILES string of the molecule is COc1ccccc1-n1nc(C(=O)Nc2nc3ccc(Cl)cc3s2)c(O)cc1=O. The number of fused-ring (bicyclic) bond motifs is 1. The van der Waals surface area contributed by atoms with E-state index in [0.717, 1.165) is 15.4 Å². The van der Waals surface area contributed by atoms with Crippen molar-refractivity contribution in [1.29, 1.82) is 0 Å². The van der Waals surface area contributed by atoms with Crippen molar-refractivity contribution in [1.82, 2.24) is 14.8 Å². The van der Waals surface area contributed by atoms with Gasteiger partial charge in [0, 0.05) is 11.1 Å². The maximum absolute atomic E-state index is 12.7. The van der Waals surface area contributed by atoms with E-state index in [1.807, 2.05) is 0 Å². The Balaban J connectivity index is 1.72. The fraction of sp³-hybridized carbons (Fsp3) is 0.0526. The summed E-state index contributed by atoms with van der Waals surface area (Å²) in [4.78, 5) is 29.3. The topological polar surface area (TPSA) is 106 Å². The van der Waals surface area contributed by atoms with E-state index in [1.165, 1.54) is 18.4 Å². The van der Waals surface area contributed by atoms with Crippen molar-refractivity contribution < 1.29 is 14.6 Å². The first-order valence-corrected chi connectivity index (χ1v) is 9.50. The quantitative estimate of drug-likeness (QED) is 0.515. The van der Waals surface area contributed by atoms with Gasteiger partial charge in [-0.15, -0.1) is 0 Å². The molecule has 1 amide bonds. The minimum Gasteiger partial charge on any atom is -0.505 e. The fourth-order valence-corrected chi connectivity index (χ4v) is 3.83. The summed E-state index contributed by atoms with van der Waals surface area (Å²) in [6.07, 6.45) is 0. The van der Waals surface area contributed by atoms with Crippen molar-refractivity contribution in [2.45, 2.75) is 0 Å². The molecule has 10 heteroatoms. The summed E-state index contributed by atoms with van der Waals surface area (Å²) in [5, 5.41) is 17.6. The summed E-state index contributed by atoms with van der Waals surface area (Å²) in [6, 6.07) is 12.8. The summed E-state index contributed by atoms with van der Waals surface area (Å²) in [7, 11) is 1.46. The molecule has 2 aromatic heterocycles. The van der Waals surface area contributed by atoms with Crippen LogP contribution >= 0.6 is 22.9 Å². The molecule has 2 aromatic carbocycles. The van der Waals surface area contributed by atoms with Gasteiger partial charge in [0.2, 0.25) is 0 Å². The van der Waals surface area contributed by atoms with Gasteiger partial charge in [0.15, 0.2) is 16.6 Å². The average molecular weight is 429 g/mol. The van der Waals surface area contributed by atoms with E-state index in [2.05, 4.69) is 15.4 Å². The molecule has 0 radical (unpaired) electrons. The maximum atomic E-state index is 12.7. The van der Waals surface area contributed by atoms with Gasteiger partial charge in [-0.25, -0.2) is 4.98 Å². The Morgan fingerprint density at radius 1 is 1.24 bits per heavy atom. The number of thiazole rings is 1. The van der Waals surface area contributed by atoms with E-state index in [9.17, 15) is 14.7 Å². The van der Waals surface area contributed by atoms with E-state index >= 15 is 0 Å². The first kappa shape index (κ1) is 18.9. The second kappa shape index (κ2) is 7.53. The van der Waals surface area contributed by atoms with Crippen LogP contribution in [0.25, 0.3) is 15.9 Å². The minimum absolute atomic E-state index is 0.309. The number of carbonyl (C=O) groups is 1. The van der Waals surface area contributed by atoms with Crippen LogP contribution in [0.5, 0.6) is 11.5 Å². The second-order valence-corrected chi connectivity index (χ2v) is 7.35. The number of rotatable bonds is 4. The van der Waals surface area contributed by atoms with Crippen LogP contribution in [0, 0.1) is 0 Å². The lowest BCUT2D eigenvalue weighted by Crippen LogP contribution is -2.25. The summed E-state index contributed by atoms with van der Waals surface area (Å²) < 4.78 is 7.03. The second-order valence-electron chi connectivity index (χ2n) is 5.89. The third kappa shape index (κ3) is 3.65. The molecule has 2 N–H and O–H groups in total. The summed E-state index contributed by atoms with van der Waals surface area (Å²) >= 11 is 7.20. The van der Waals surface area contributed by atoms with Crippen LogP contribution in [0.1, 0.15) is 10.5 Å². The van der Waals surface area contributed by atoms with Crippen molar-refractivity contribution in [3.63, 3.8) is 0 Å². The molecule has 2 heterocycles. The van der Waals surface area contributed by atoms with Crippen molar-refractivity contribution in [2.24, 2.45) is 0 Å². The van der Waals surface area contributed by atoms with Gasteiger partial charge < -0.3 is 9.84 Å². The third-order valence-corrected chi connectivity index (χ3v) is 5.18. The number of carbonyl (C=O) groups excluding carboxylic acids is 1. The lowest BCUT2D eigenvalue weighted by atomic mass is 10.3. The molecule has 0 aliphatic rings. The Kier molecular flexibility index (Phi) is 4.91. The van der Waals surface area contributed by atoms with E-state index in [-0.39, 0.29) is 5.69 Å². The number of amides is 1. The van der Waals surface area contributed by atoms with E-state index in [1.54, 1.807) is 42.5 Å². The normalized spacial score (nSPS) is 10.8. The van der Waals surface area contributed by atoms with E-state index in [0.29, 0.717) is 27.1 Å². The molecule has 4 aromatic rings. The number of aromatic nitrogens is 3. The van der Waals surface area contributed by atoms with Crippen LogP contribution in [0.2, 0.25) is 5.02 Å². The zero-order chi connectivity index (χ0) is 20.5. The van der Waals surface area contributed by atoms with E-state index in [4.69, 9.17) is 16.3 Å². The summed E-state index contributed by atoms with van der Waals surface area (Å²) in [5.74, 6) is -0.860. The zero-order valence-electron chi connectivity index (χ0n) is 14.9. The highest BCUT2D eigenvalue weighted by molar-refractivity contribution is 7.22. The van der Waals surface area contributed by atoms with Crippen LogP contribution in [0.4, 0.5) is 5.13 Å². The van der Waals surface area contributed by atoms with Crippen LogP contribution in [0.15, 0.2) is 53.3 Å². The number of ether oxygens (including phenoxy) is 1. The van der Waals surface area contributed by atoms with Gasteiger partial charge in [-0.05, 0) is 30.3 Å². The Labute approximate surface area is 173 Å². The third-order valence-electron chi connectivity index (χ3n) is 4.01. The summed E-state index contributed by atoms with van der Waals surface area (Å²) in [5.41, 5.74) is 0.0699. The molecule has 0 aliphatic heterocycles. The monoisotopic (exact) mass is 428 g/mol. The first-order chi connectivity index (χ1) is 14.0. The van der Waals surface area contributed by atoms with Crippen molar-refractivity contribution >= 4 is 44.2 Å². The Morgan fingerprint density at radius 2 is 2.03 bits per heavy atom. The number of nitrogens with zero attached hydrogens (tertiary/aromatic N) is 3. The molecule has 0 bridgehead atoms. The van der Waals surface area contributed by atoms with Gasteiger partial charge in [-0.3, -0.25) is 14.9 Å². The van der Waals surface area contributed by atoms with Gasteiger partial charge in [0.1, 0.15) is 11.4 Å². The molecule has 4 rings (SSSR count). The summed E-state index contributed by atoms with van der Waals surface area (Å²) in [6.45, 7) is 0. The lowest BCUT2D eigenvalue weighted by Gasteiger charge is -2.11. The molecule has 0 saturated carbocycles. The zero-order valence-corrected chi connectivity index (χ0v) is 16.5. The molecule has 146 valence electrons. The highest BCUT2D eigenvalue weighted by atomic mass is 35.5. The maximum Gasteiger partial charge on any atom is 0.281 e. The molecule has 0 saturated heterocycles. The number of halogens is 1. The standard InChI is InChI=1S/C19H13ClN4O4S/c1-28-14-5-3-2-4-12(14)24-16(26)9-13(25)17(23-24)18(27)22-19-21-11-7-6-10(20)8-15(11)29-19/h2-9,25H,1H3,(H,21,22,27). The molecule has 0 spiro atoms. The number of benzene rings is 2. The van der Waals surface area contributed by atoms with Crippen LogP contribution in [0.3, 0.4) is 0 Å². The molecule has 0 fully saturated rings. The van der Waals surface area contributed by atoms with Gasteiger partial charge >= 0.3 is 0 Å². The van der Waals surface area contributed by atoms with Crippen molar-refractivity contribution in [3.05, 3.63) is 69.6 Å². The predicted octanol–water partition coefficient (Wildman–Crippen LogP) is 3.46. The molecule has 0 atom stereocenters. The molecular formula is C19H13ClN4O4S. The van der Waals surface area contributed by atoms with Crippen LogP contribution in [-0.4, -0.2) is 32.9 Å². The Hall–Kier alpha value is -3.43. The van der Waals surface area contributed by atoms with Crippen molar-refractivity contribution in [2.75, 3.05) is 12.4 Å². The van der Waals surface area contributed by atoms with Crippen LogP contribution in [-0.2, 0) is 0 Å². The number of nitrogens with one attached hydrogen (secondary N) is 1. The van der Waals surface area contributed by atoms with Gasteiger partial charge in [-0.2, -0.15) is 9.78 Å². The van der Waals surface area contributed by atoms with Crippen LogP contribution < -0.4 is 15.6 Å². The number of methoxy groups -OCH3 is 1. The molecule has 0 unspecified atom stereocenters. The number of aromatic hydroxyl groups is 1. The number of para-hydroxylation sites is 2. The largest absolute Gasteiger partial charge is 0.505 e. The highest BCUT2D eigenvalue weighted by Gasteiger charge is 2.19. The van der Waals surface area contributed by atoms with Crippen molar-refractivity contribution in [3.8, 4) is 17.2 Å². The van der Waals surface area contributed by atoms with E-state index < -0.39 is 17.2 Å². The molecule has 0 aliphatic carbocycles. The Morgan fingerprint density at radius 3 is 2.83 bits per heavy atom. The minimum atomic E-state index is -0.712. The average Bonchev–Trinajstić information content (AvgIpc) is 3.09. The number of hydrogen-bond acceptors (Lipinski definition) is 7. The number of anilines is 1.